The number of carbonyl (C=O) groups excluding carboxylic acids is 1. The van der Waals surface area contributed by atoms with E-state index in [1.807, 2.05) is 69.3 Å². The number of pyridine rings is 1. The minimum Gasteiger partial charge on any atom is -0.481 e. The number of nitrogens with zero attached hydrogens (tertiary/aromatic N) is 2. The summed E-state index contributed by atoms with van der Waals surface area (Å²) in [6.45, 7) is 7.72. The van der Waals surface area contributed by atoms with Crippen molar-refractivity contribution in [2.45, 2.75) is 33.8 Å². The number of fused-ring (bicyclic) bond motifs is 1. The number of hydrogen-bond donors (Lipinski definition) is 1. The first kappa shape index (κ1) is 20.0. The Morgan fingerprint density at radius 3 is 2.73 bits per heavy atom. The van der Waals surface area contributed by atoms with Crippen LogP contribution in [0.3, 0.4) is 0 Å². The average molecular weight is 418 g/mol. The number of nitrogens with one attached hydrogen (secondary N) is 1. The molecule has 1 unspecified atom stereocenters. The van der Waals surface area contributed by atoms with Gasteiger partial charge in [-0.3, -0.25) is 4.79 Å². The third-order valence-corrected chi connectivity index (χ3v) is 6.02. The normalized spacial score (nSPS) is 12.0. The highest BCUT2D eigenvalue weighted by Gasteiger charge is 2.18. The maximum Gasteiger partial charge on any atom is 0.265 e. The molecule has 1 amide bonds. The van der Waals surface area contributed by atoms with E-state index in [9.17, 15) is 4.79 Å². The Balaban J connectivity index is 1.55. The zero-order valence-electron chi connectivity index (χ0n) is 17.4. The third kappa shape index (κ3) is 4.04. The number of aromatic nitrogens is 2. The molecule has 0 fully saturated rings. The number of thiazole rings is 1. The summed E-state index contributed by atoms with van der Waals surface area (Å²) in [5.41, 5.74) is 5.67. The molecular formula is C24H23N3O2S. The molecule has 0 aliphatic heterocycles. The number of amides is 1. The maximum absolute atomic E-state index is 12.8. The lowest BCUT2D eigenvalue weighted by Crippen LogP contribution is -2.30. The predicted octanol–water partition coefficient (Wildman–Crippen LogP) is 5.69. The van der Waals surface area contributed by atoms with Gasteiger partial charge < -0.3 is 10.1 Å². The quantitative estimate of drug-likeness (QED) is 0.453. The molecule has 2 heterocycles. The molecule has 0 saturated carbocycles. The molecule has 0 radical (unpaired) electrons. The van der Waals surface area contributed by atoms with Gasteiger partial charge in [0.25, 0.3) is 5.91 Å². The molecule has 2 aromatic heterocycles. The van der Waals surface area contributed by atoms with E-state index in [0.717, 1.165) is 49.0 Å². The molecule has 0 bridgehead atoms. The van der Waals surface area contributed by atoms with Crippen molar-refractivity contribution in [2.75, 3.05) is 5.32 Å². The van der Waals surface area contributed by atoms with Gasteiger partial charge in [-0.25, -0.2) is 9.97 Å². The predicted molar refractivity (Wildman–Crippen MR) is 122 cm³/mol. The fourth-order valence-corrected chi connectivity index (χ4v) is 4.19. The monoisotopic (exact) mass is 417 g/mol. The molecular weight excluding hydrogens is 394 g/mol. The van der Waals surface area contributed by atoms with Crippen molar-refractivity contribution < 1.29 is 9.53 Å². The summed E-state index contributed by atoms with van der Waals surface area (Å²) in [5.74, 6) is 0.534. The highest BCUT2D eigenvalue weighted by Crippen LogP contribution is 2.33. The number of aryl methyl sites for hydroxylation is 2. The van der Waals surface area contributed by atoms with Gasteiger partial charge in [-0.05, 0) is 68.7 Å². The number of anilines is 1. The second kappa shape index (κ2) is 8.24. The molecule has 5 nitrogen and oxygen atoms in total. The Kier molecular flexibility index (Phi) is 5.50. The summed E-state index contributed by atoms with van der Waals surface area (Å²) in [4.78, 5) is 22.8. The first-order chi connectivity index (χ1) is 14.4. The smallest absolute Gasteiger partial charge is 0.265 e. The van der Waals surface area contributed by atoms with E-state index in [0.29, 0.717) is 0 Å². The van der Waals surface area contributed by atoms with Crippen molar-refractivity contribution >= 4 is 33.3 Å². The van der Waals surface area contributed by atoms with Gasteiger partial charge in [-0.1, -0.05) is 35.6 Å². The van der Waals surface area contributed by atoms with Gasteiger partial charge in [-0.2, -0.15) is 0 Å². The molecule has 152 valence electrons. The second-order valence-electron chi connectivity index (χ2n) is 7.34. The van der Waals surface area contributed by atoms with E-state index in [4.69, 9.17) is 9.72 Å². The minimum absolute atomic E-state index is 0.192. The van der Waals surface area contributed by atoms with E-state index < -0.39 is 6.10 Å². The molecule has 0 spiro atoms. The molecule has 4 aromatic rings. The molecule has 1 atom stereocenters. The highest BCUT2D eigenvalue weighted by atomic mass is 32.1. The summed E-state index contributed by atoms with van der Waals surface area (Å²) in [7, 11) is 0. The number of ether oxygens (including phenoxy) is 1. The lowest BCUT2D eigenvalue weighted by molar-refractivity contribution is -0.122. The SMILES string of the molecule is Cc1ccc(C)c(OC(C)C(=O)Nc2cccc(-c3nc4cccnc4s3)c2C)c1. The molecule has 0 aliphatic rings. The Hall–Kier alpha value is -3.25. The van der Waals surface area contributed by atoms with E-state index in [2.05, 4.69) is 10.3 Å². The largest absolute Gasteiger partial charge is 0.481 e. The van der Waals surface area contributed by atoms with Crippen molar-refractivity contribution in [1.82, 2.24) is 9.97 Å². The number of carbonyl (C=O) groups is 1. The topological polar surface area (TPSA) is 64.1 Å². The summed E-state index contributed by atoms with van der Waals surface area (Å²) in [6.07, 6.45) is 1.14. The van der Waals surface area contributed by atoms with E-state index >= 15 is 0 Å². The van der Waals surface area contributed by atoms with Gasteiger partial charge in [0, 0.05) is 17.4 Å². The van der Waals surface area contributed by atoms with Crippen molar-refractivity contribution in [3.05, 3.63) is 71.4 Å². The first-order valence-electron chi connectivity index (χ1n) is 9.78. The third-order valence-electron chi connectivity index (χ3n) is 5.01. The number of rotatable bonds is 5. The van der Waals surface area contributed by atoms with Crippen LogP contribution in [0.2, 0.25) is 0 Å². The van der Waals surface area contributed by atoms with Crippen LogP contribution in [0, 0.1) is 20.8 Å². The van der Waals surface area contributed by atoms with Crippen LogP contribution in [0.1, 0.15) is 23.6 Å². The van der Waals surface area contributed by atoms with Crippen LogP contribution < -0.4 is 10.1 Å². The van der Waals surface area contributed by atoms with Crippen molar-refractivity contribution in [3.8, 4) is 16.3 Å². The van der Waals surface area contributed by atoms with Gasteiger partial charge in [0.15, 0.2) is 6.10 Å². The van der Waals surface area contributed by atoms with Crippen molar-refractivity contribution in [3.63, 3.8) is 0 Å². The Morgan fingerprint density at radius 1 is 1.10 bits per heavy atom. The van der Waals surface area contributed by atoms with E-state index in [1.165, 1.54) is 0 Å². The van der Waals surface area contributed by atoms with Gasteiger partial charge in [0.05, 0.1) is 0 Å². The molecule has 1 N–H and O–H groups in total. The first-order valence-corrected chi connectivity index (χ1v) is 10.6. The summed E-state index contributed by atoms with van der Waals surface area (Å²) in [6, 6.07) is 15.6. The van der Waals surface area contributed by atoms with Gasteiger partial charge in [0.1, 0.15) is 21.1 Å². The van der Waals surface area contributed by atoms with Gasteiger partial charge in [0.2, 0.25) is 0 Å². The van der Waals surface area contributed by atoms with Crippen LogP contribution in [-0.2, 0) is 4.79 Å². The molecule has 0 aliphatic carbocycles. The average Bonchev–Trinajstić information content (AvgIpc) is 3.16. The standard InChI is InChI=1S/C24H23N3O2S/c1-14-10-11-15(2)21(13-14)29-17(4)22(28)26-19-8-5-7-18(16(19)3)23-27-20-9-6-12-25-24(20)30-23/h5-13,17H,1-4H3,(H,26,28). The molecule has 2 aromatic carbocycles. The minimum atomic E-state index is -0.625. The van der Waals surface area contributed by atoms with E-state index in [-0.39, 0.29) is 5.91 Å². The summed E-state index contributed by atoms with van der Waals surface area (Å²) in [5, 5.41) is 3.89. The zero-order valence-corrected chi connectivity index (χ0v) is 18.2. The molecule has 4 rings (SSSR count). The van der Waals surface area contributed by atoms with Gasteiger partial charge >= 0.3 is 0 Å². The van der Waals surface area contributed by atoms with Crippen LogP contribution >= 0.6 is 11.3 Å². The Labute approximate surface area is 179 Å². The molecule has 0 saturated heterocycles. The number of hydrogen-bond acceptors (Lipinski definition) is 5. The van der Waals surface area contributed by atoms with Crippen molar-refractivity contribution in [1.29, 1.82) is 0 Å². The van der Waals surface area contributed by atoms with Crippen LogP contribution in [0.15, 0.2) is 54.7 Å². The molecule has 30 heavy (non-hydrogen) atoms. The van der Waals surface area contributed by atoms with Crippen LogP contribution in [0.4, 0.5) is 5.69 Å². The van der Waals surface area contributed by atoms with E-state index in [1.54, 1.807) is 24.5 Å². The lowest BCUT2D eigenvalue weighted by atomic mass is 10.1. The van der Waals surface area contributed by atoms with Crippen LogP contribution in [-0.4, -0.2) is 22.0 Å². The Morgan fingerprint density at radius 2 is 1.93 bits per heavy atom. The fraction of sp³-hybridized carbons (Fsp3) is 0.208. The Bertz CT molecular complexity index is 1200. The summed E-state index contributed by atoms with van der Waals surface area (Å²) >= 11 is 1.54. The maximum atomic E-state index is 12.8. The fourth-order valence-electron chi connectivity index (χ4n) is 3.20. The number of benzene rings is 2. The molecule has 6 heteroatoms. The van der Waals surface area contributed by atoms with Crippen LogP contribution in [0.25, 0.3) is 20.9 Å². The van der Waals surface area contributed by atoms with Crippen LogP contribution in [0.5, 0.6) is 5.75 Å². The summed E-state index contributed by atoms with van der Waals surface area (Å²) < 4.78 is 5.92. The second-order valence-corrected chi connectivity index (χ2v) is 8.32. The zero-order chi connectivity index (χ0) is 21.3. The van der Waals surface area contributed by atoms with Gasteiger partial charge in [-0.15, -0.1) is 0 Å². The highest BCUT2D eigenvalue weighted by molar-refractivity contribution is 7.21. The lowest BCUT2D eigenvalue weighted by Gasteiger charge is -2.18. The van der Waals surface area contributed by atoms with Crippen molar-refractivity contribution in [2.24, 2.45) is 0 Å².